The van der Waals surface area contributed by atoms with Crippen LogP contribution in [0.4, 0.5) is 5.82 Å². The largest absolute Gasteiger partial charge is 0.327 e. The van der Waals surface area contributed by atoms with E-state index in [4.69, 9.17) is 26.4 Å². The Labute approximate surface area is 212 Å². The Bertz CT molecular complexity index is 1240. The van der Waals surface area contributed by atoms with Crippen LogP contribution in [0.15, 0.2) is 52.8 Å². The molecular formula is C26H33N4OPS2. The molecule has 5 rings (SSSR count). The summed E-state index contributed by atoms with van der Waals surface area (Å²) in [4.78, 5) is 6.23. The van der Waals surface area contributed by atoms with Crippen molar-refractivity contribution >= 4 is 46.5 Å². The molecule has 0 radical (unpaired) electrons. The molecule has 3 heterocycles. The molecule has 1 aromatic carbocycles. The highest BCUT2D eigenvalue weighted by Crippen LogP contribution is 2.58. The van der Waals surface area contributed by atoms with Crippen molar-refractivity contribution in [3.63, 3.8) is 0 Å². The fourth-order valence-electron chi connectivity index (χ4n) is 5.11. The molecule has 0 spiro atoms. The maximum atomic E-state index is 7.00. The van der Waals surface area contributed by atoms with Gasteiger partial charge in [-0.3, -0.25) is 0 Å². The predicted molar refractivity (Wildman–Crippen MR) is 147 cm³/mol. The van der Waals surface area contributed by atoms with Crippen LogP contribution in [-0.2, 0) is 16.3 Å². The topological polar surface area (TPSA) is 42.6 Å². The van der Waals surface area contributed by atoms with Gasteiger partial charge in [0.1, 0.15) is 0 Å². The van der Waals surface area contributed by atoms with E-state index in [1.807, 2.05) is 29.8 Å². The number of fused-ring (bicyclic) bond motifs is 1. The summed E-state index contributed by atoms with van der Waals surface area (Å²) in [6, 6.07) is 14.4. The first kappa shape index (κ1) is 23.9. The first-order valence-corrected chi connectivity index (χ1v) is 15.5. The van der Waals surface area contributed by atoms with Gasteiger partial charge in [-0.05, 0) is 79.3 Å². The number of hydrogen-bond donors (Lipinski definition) is 0. The Balaban J connectivity index is 1.57. The number of aromatic nitrogens is 2. The smallest absolute Gasteiger partial charge is 0.192 e. The summed E-state index contributed by atoms with van der Waals surface area (Å²) in [5.41, 5.74) is 2.23. The molecule has 2 aromatic heterocycles. The molecule has 0 bridgehead atoms. The van der Waals surface area contributed by atoms with E-state index in [0.29, 0.717) is 5.41 Å². The van der Waals surface area contributed by atoms with Crippen LogP contribution >= 0.6 is 17.8 Å². The van der Waals surface area contributed by atoms with Gasteiger partial charge < -0.3 is 9.19 Å². The molecule has 180 valence electrons. The monoisotopic (exact) mass is 512 g/mol. The summed E-state index contributed by atoms with van der Waals surface area (Å²) in [6.45, 7) is 9.10. The van der Waals surface area contributed by atoms with E-state index in [9.17, 15) is 0 Å². The van der Waals surface area contributed by atoms with Crippen LogP contribution in [0.3, 0.4) is 0 Å². The minimum absolute atomic E-state index is 0.168. The molecule has 0 N–H and O–H groups in total. The zero-order chi connectivity index (χ0) is 24.1. The van der Waals surface area contributed by atoms with Crippen LogP contribution in [0.25, 0.3) is 5.69 Å². The second kappa shape index (κ2) is 9.02. The number of nitrogens with zero attached hydrogens (tertiary/aromatic N) is 4. The van der Waals surface area contributed by atoms with E-state index in [2.05, 4.69) is 62.1 Å². The van der Waals surface area contributed by atoms with Gasteiger partial charge in [0.05, 0.1) is 27.7 Å². The molecule has 8 heteroatoms. The lowest BCUT2D eigenvalue weighted by Gasteiger charge is -2.42. The fraction of sp³-hybridized carbons (Fsp3) is 0.462. The van der Waals surface area contributed by atoms with E-state index in [1.165, 1.54) is 12.8 Å². The summed E-state index contributed by atoms with van der Waals surface area (Å²) in [7, 11) is 2.06. The van der Waals surface area contributed by atoms with Crippen molar-refractivity contribution in [1.29, 1.82) is 0 Å². The first-order chi connectivity index (χ1) is 16.2. The molecule has 1 fully saturated rings. The van der Waals surface area contributed by atoms with E-state index in [1.54, 1.807) is 11.3 Å². The Morgan fingerprint density at radius 2 is 1.76 bits per heavy atom. The quantitative estimate of drug-likeness (QED) is 0.360. The molecule has 34 heavy (non-hydrogen) atoms. The lowest BCUT2D eigenvalue weighted by molar-refractivity contribution is 0.0941. The number of amidine groups is 1. The van der Waals surface area contributed by atoms with Crippen LogP contribution in [0.1, 0.15) is 57.0 Å². The minimum atomic E-state index is -2.60. The Hall–Kier alpha value is -1.79. The summed E-state index contributed by atoms with van der Waals surface area (Å²) in [6.07, 6.45) is 2.06. The van der Waals surface area contributed by atoms with Gasteiger partial charge in [-0.25, -0.2) is 9.67 Å². The predicted octanol–water partition coefficient (Wildman–Crippen LogP) is 6.82. The second-order valence-corrected chi connectivity index (χ2v) is 15.1. The summed E-state index contributed by atoms with van der Waals surface area (Å²) >= 11 is 8.18. The molecule has 0 unspecified atom stereocenters. The molecule has 2 aliphatic rings. The summed E-state index contributed by atoms with van der Waals surface area (Å²) in [5, 5.41) is 7.99. The zero-order valence-corrected chi connectivity index (χ0v) is 23.1. The van der Waals surface area contributed by atoms with E-state index in [0.717, 1.165) is 52.0 Å². The highest BCUT2D eigenvalue weighted by atomic mass is 32.4. The maximum Gasteiger partial charge on any atom is 0.192 e. The molecule has 1 saturated carbocycles. The number of para-hydroxylation sites is 1. The van der Waals surface area contributed by atoms with Gasteiger partial charge in [0.25, 0.3) is 0 Å². The van der Waals surface area contributed by atoms with Crippen molar-refractivity contribution in [3.8, 4) is 5.69 Å². The molecular weight excluding hydrogens is 479 g/mol. The van der Waals surface area contributed by atoms with Gasteiger partial charge in [0, 0.05) is 7.05 Å². The molecule has 1 atom stereocenters. The lowest BCUT2D eigenvalue weighted by atomic mass is 9.72. The lowest BCUT2D eigenvalue weighted by Crippen LogP contribution is -2.37. The number of rotatable bonds is 4. The number of benzene rings is 1. The second-order valence-electron chi connectivity index (χ2n) is 10.4. The fourth-order valence-corrected chi connectivity index (χ4v) is 9.58. The van der Waals surface area contributed by atoms with Crippen molar-refractivity contribution < 1.29 is 4.52 Å². The Morgan fingerprint density at radius 3 is 2.38 bits per heavy atom. The number of aliphatic imine (C=N–C) groups is 1. The van der Waals surface area contributed by atoms with Crippen molar-refractivity contribution in [2.24, 2.45) is 16.3 Å². The summed E-state index contributed by atoms with van der Waals surface area (Å²) < 4.78 is 11.1. The Morgan fingerprint density at radius 1 is 1.06 bits per heavy atom. The van der Waals surface area contributed by atoms with Gasteiger partial charge in [-0.2, -0.15) is 5.10 Å². The van der Waals surface area contributed by atoms with Crippen LogP contribution in [0.2, 0.25) is 0 Å². The molecule has 0 saturated heterocycles. The number of hydrogen-bond acceptors (Lipinski definition) is 5. The highest BCUT2D eigenvalue weighted by Gasteiger charge is 2.43. The van der Waals surface area contributed by atoms with Crippen LogP contribution in [-0.4, -0.2) is 33.4 Å². The van der Waals surface area contributed by atoms with Crippen molar-refractivity contribution in [1.82, 2.24) is 14.5 Å². The van der Waals surface area contributed by atoms with Crippen molar-refractivity contribution in [3.05, 3.63) is 58.4 Å². The first-order valence-electron chi connectivity index (χ1n) is 12.0. The molecule has 5 nitrogen and oxygen atoms in total. The highest BCUT2D eigenvalue weighted by molar-refractivity contribution is 8.15. The normalized spacial score (nSPS) is 25.2. The molecule has 1 aliphatic carbocycles. The third-order valence-corrected chi connectivity index (χ3v) is 12.2. The average molecular weight is 513 g/mol. The van der Waals surface area contributed by atoms with Crippen molar-refractivity contribution in [2.75, 3.05) is 7.05 Å². The summed E-state index contributed by atoms with van der Waals surface area (Å²) in [5.74, 6) is 2.43. The molecule has 3 aromatic rings. The SMILES string of the molecule is Cc1nn(-c2ccccc2)c2c1[P@@](=S)(OC1CCC(C(C)(C)C)CC1)N(C)C(c1cccs1)=N2. The standard InChI is InChI=1S/C26H33N4OPS2/c1-18-23-25(30(28-18)20-10-7-6-8-11-20)27-24(22-12-9-17-34-22)29(5)32(23,33)31-21-15-13-19(14-16-21)26(2,3)4/h6-12,17,19,21H,13-16H2,1-5H3/t19?,21?,32-/m0/s1. The van der Waals surface area contributed by atoms with Crippen molar-refractivity contribution in [2.45, 2.75) is 59.5 Å². The third kappa shape index (κ3) is 4.21. The van der Waals surface area contributed by atoms with Crippen LogP contribution in [0, 0.1) is 18.3 Å². The van der Waals surface area contributed by atoms with E-state index >= 15 is 0 Å². The zero-order valence-electron chi connectivity index (χ0n) is 20.6. The van der Waals surface area contributed by atoms with E-state index < -0.39 is 6.42 Å². The molecule has 0 amide bonds. The molecule has 1 aliphatic heterocycles. The van der Waals surface area contributed by atoms with Gasteiger partial charge in [-0.15, -0.1) is 11.3 Å². The van der Waals surface area contributed by atoms with Crippen LogP contribution < -0.4 is 5.30 Å². The number of thiophene rings is 1. The van der Waals surface area contributed by atoms with Gasteiger partial charge in [-0.1, -0.05) is 45.0 Å². The van der Waals surface area contributed by atoms with Gasteiger partial charge in [0.2, 0.25) is 0 Å². The average Bonchev–Trinajstić information content (AvgIpc) is 3.45. The van der Waals surface area contributed by atoms with Crippen LogP contribution in [0.5, 0.6) is 0 Å². The van der Waals surface area contributed by atoms with Gasteiger partial charge in [0.15, 0.2) is 18.1 Å². The van der Waals surface area contributed by atoms with E-state index in [-0.39, 0.29) is 6.10 Å². The minimum Gasteiger partial charge on any atom is -0.327 e. The Kier molecular flexibility index (Phi) is 6.34. The maximum absolute atomic E-state index is 7.00. The third-order valence-electron chi connectivity index (χ3n) is 7.13. The van der Waals surface area contributed by atoms with Gasteiger partial charge >= 0.3 is 0 Å². The number of aryl methyl sites for hydroxylation is 1.